The summed E-state index contributed by atoms with van der Waals surface area (Å²) in [7, 11) is 1.62. The monoisotopic (exact) mass is 223 g/mol. The molecular formula is C11H17N3O2. The molecule has 88 valence electrons. The number of nitrogens with two attached hydrogens (primary N) is 2. The third-order valence-electron chi connectivity index (χ3n) is 2.55. The number of anilines is 2. The summed E-state index contributed by atoms with van der Waals surface area (Å²) >= 11 is 0. The van der Waals surface area contributed by atoms with E-state index in [0.717, 1.165) is 0 Å². The molecule has 1 atom stereocenters. The van der Waals surface area contributed by atoms with Gasteiger partial charge in [0.25, 0.3) is 5.91 Å². The minimum absolute atomic E-state index is 0.0928. The van der Waals surface area contributed by atoms with Gasteiger partial charge >= 0.3 is 0 Å². The van der Waals surface area contributed by atoms with E-state index in [1.54, 1.807) is 26.1 Å². The van der Waals surface area contributed by atoms with Gasteiger partial charge in [0.1, 0.15) is 0 Å². The van der Waals surface area contributed by atoms with Crippen molar-refractivity contribution >= 4 is 17.3 Å². The highest BCUT2D eigenvalue weighted by Gasteiger charge is 2.18. The van der Waals surface area contributed by atoms with Gasteiger partial charge in [-0.1, -0.05) is 0 Å². The first-order valence-corrected chi connectivity index (χ1v) is 5.00. The number of carbonyl (C=O) groups excluding carboxylic acids is 1. The minimum atomic E-state index is -0.256. The second kappa shape index (κ2) is 4.85. The Morgan fingerprint density at radius 1 is 1.50 bits per heavy atom. The van der Waals surface area contributed by atoms with E-state index in [1.807, 2.05) is 0 Å². The standard InChI is InChI=1S/C11H17N3O2/c1-7(6-15)14(2)11(16)9-5-8(12)3-4-10(9)13/h3-5,7,15H,6,12-13H2,1-2H3. The van der Waals surface area contributed by atoms with E-state index in [2.05, 4.69) is 0 Å². The van der Waals surface area contributed by atoms with Crippen molar-refractivity contribution in [3.63, 3.8) is 0 Å². The molecule has 1 unspecified atom stereocenters. The summed E-state index contributed by atoms with van der Waals surface area (Å²) in [6.45, 7) is 1.66. The fraction of sp³-hybridized carbons (Fsp3) is 0.364. The number of nitrogens with zero attached hydrogens (tertiary/aromatic N) is 1. The number of rotatable bonds is 3. The number of benzene rings is 1. The predicted octanol–water partition coefficient (Wildman–Crippen LogP) is 0.304. The van der Waals surface area contributed by atoms with E-state index in [0.29, 0.717) is 16.9 Å². The molecule has 0 aliphatic rings. The third kappa shape index (κ3) is 2.43. The Morgan fingerprint density at radius 3 is 2.69 bits per heavy atom. The highest BCUT2D eigenvalue weighted by Crippen LogP contribution is 2.18. The van der Waals surface area contributed by atoms with Crippen molar-refractivity contribution in [2.75, 3.05) is 25.1 Å². The van der Waals surface area contributed by atoms with Crippen molar-refractivity contribution in [1.29, 1.82) is 0 Å². The van der Waals surface area contributed by atoms with Gasteiger partial charge in [0.2, 0.25) is 0 Å². The van der Waals surface area contributed by atoms with E-state index in [-0.39, 0.29) is 18.6 Å². The van der Waals surface area contributed by atoms with Crippen molar-refractivity contribution in [1.82, 2.24) is 4.90 Å². The lowest BCUT2D eigenvalue weighted by atomic mass is 10.1. The van der Waals surface area contributed by atoms with Gasteiger partial charge in [0, 0.05) is 18.4 Å². The van der Waals surface area contributed by atoms with Crippen molar-refractivity contribution in [3.05, 3.63) is 23.8 Å². The molecule has 16 heavy (non-hydrogen) atoms. The van der Waals surface area contributed by atoms with Gasteiger partial charge in [-0.15, -0.1) is 0 Å². The number of nitrogen functional groups attached to an aromatic ring is 2. The van der Waals surface area contributed by atoms with Crippen LogP contribution in [0.2, 0.25) is 0 Å². The van der Waals surface area contributed by atoms with Crippen molar-refractivity contribution in [2.24, 2.45) is 0 Å². The third-order valence-corrected chi connectivity index (χ3v) is 2.55. The molecule has 5 N–H and O–H groups in total. The lowest BCUT2D eigenvalue weighted by Gasteiger charge is -2.23. The van der Waals surface area contributed by atoms with Crippen molar-refractivity contribution in [3.8, 4) is 0 Å². The molecule has 0 saturated heterocycles. The molecule has 0 bridgehead atoms. The zero-order chi connectivity index (χ0) is 12.3. The molecule has 0 aliphatic carbocycles. The Balaban J connectivity index is 3.00. The molecule has 0 radical (unpaired) electrons. The molecular weight excluding hydrogens is 206 g/mol. The fourth-order valence-electron chi connectivity index (χ4n) is 1.27. The van der Waals surface area contributed by atoms with Crippen LogP contribution in [-0.4, -0.2) is 35.6 Å². The fourth-order valence-corrected chi connectivity index (χ4v) is 1.27. The van der Waals surface area contributed by atoms with Gasteiger partial charge in [-0.05, 0) is 25.1 Å². The molecule has 0 fully saturated rings. The number of carbonyl (C=O) groups is 1. The normalized spacial score (nSPS) is 12.2. The van der Waals surface area contributed by atoms with Crippen LogP contribution in [-0.2, 0) is 0 Å². The van der Waals surface area contributed by atoms with Gasteiger partial charge < -0.3 is 21.5 Å². The predicted molar refractivity (Wildman–Crippen MR) is 63.9 cm³/mol. The molecule has 1 rings (SSSR count). The van der Waals surface area contributed by atoms with Crippen molar-refractivity contribution in [2.45, 2.75) is 13.0 Å². The molecule has 1 aromatic rings. The summed E-state index contributed by atoms with van der Waals surface area (Å²) in [4.78, 5) is 13.4. The Morgan fingerprint density at radius 2 is 2.12 bits per heavy atom. The van der Waals surface area contributed by atoms with Crippen LogP contribution in [0.5, 0.6) is 0 Å². The molecule has 1 amide bonds. The van der Waals surface area contributed by atoms with E-state index in [1.165, 1.54) is 11.0 Å². The Hall–Kier alpha value is -1.75. The van der Waals surface area contributed by atoms with Crippen LogP contribution in [0.1, 0.15) is 17.3 Å². The molecule has 0 saturated carbocycles. The Bertz CT molecular complexity index is 393. The average Bonchev–Trinajstić information content (AvgIpc) is 2.29. The maximum absolute atomic E-state index is 12.0. The van der Waals surface area contributed by atoms with Gasteiger partial charge in [0.15, 0.2) is 0 Å². The lowest BCUT2D eigenvalue weighted by molar-refractivity contribution is 0.0683. The van der Waals surface area contributed by atoms with Crippen molar-refractivity contribution < 1.29 is 9.90 Å². The number of hydrogen-bond acceptors (Lipinski definition) is 4. The first-order valence-electron chi connectivity index (χ1n) is 5.00. The smallest absolute Gasteiger partial charge is 0.256 e. The van der Waals surface area contributed by atoms with Crippen LogP contribution in [0.25, 0.3) is 0 Å². The van der Waals surface area contributed by atoms with Crippen LogP contribution in [0.3, 0.4) is 0 Å². The summed E-state index contributed by atoms with van der Waals surface area (Å²) in [6, 6.07) is 4.52. The molecule has 0 aliphatic heterocycles. The van der Waals surface area contributed by atoms with Gasteiger partial charge in [-0.3, -0.25) is 4.79 Å². The highest BCUT2D eigenvalue weighted by molar-refractivity contribution is 6.00. The zero-order valence-electron chi connectivity index (χ0n) is 9.47. The van der Waals surface area contributed by atoms with Crippen LogP contribution in [0, 0.1) is 0 Å². The zero-order valence-corrected chi connectivity index (χ0v) is 9.47. The van der Waals surface area contributed by atoms with E-state index in [4.69, 9.17) is 16.6 Å². The summed E-state index contributed by atoms with van der Waals surface area (Å²) < 4.78 is 0. The largest absolute Gasteiger partial charge is 0.399 e. The maximum Gasteiger partial charge on any atom is 0.256 e. The van der Waals surface area contributed by atoms with E-state index < -0.39 is 0 Å². The van der Waals surface area contributed by atoms with Crippen LogP contribution in [0.15, 0.2) is 18.2 Å². The summed E-state index contributed by atoms with van der Waals surface area (Å²) in [5, 5.41) is 8.98. The van der Waals surface area contributed by atoms with E-state index >= 15 is 0 Å². The average molecular weight is 223 g/mol. The second-order valence-corrected chi connectivity index (χ2v) is 3.79. The van der Waals surface area contributed by atoms with Crippen LogP contribution in [0.4, 0.5) is 11.4 Å². The highest BCUT2D eigenvalue weighted by atomic mass is 16.3. The molecule has 0 aromatic heterocycles. The summed E-state index contributed by atoms with van der Waals surface area (Å²) in [5.41, 5.74) is 12.5. The topological polar surface area (TPSA) is 92.6 Å². The number of amides is 1. The maximum atomic E-state index is 12.0. The first kappa shape index (κ1) is 12.3. The minimum Gasteiger partial charge on any atom is -0.399 e. The van der Waals surface area contributed by atoms with Gasteiger partial charge in [-0.2, -0.15) is 0 Å². The number of hydrogen-bond donors (Lipinski definition) is 3. The molecule has 1 aromatic carbocycles. The molecule has 0 spiro atoms. The second-order valence-electron chi connectivity index (χ2n) is 3.79. The van der Waals surface area contributed by atoms with Crippen LogP contribution < -0.4 is 11.5 Å². The lowest BCUT2D eigenvalue weighted by Crippen LogP contribution is -2.37. The number of likely N-dealkylation sites (N-methyl/N-ethyl adjacent to an activating group) is 1. The summed E-state index contributed by atoms with van der Waals surface area (Å²) in [5.74, 6) is -0.244. The van der Waals surface area contributed by atoms with Gasteiger partial charge in [-0.25, -0.2) is 0 Å². The van der Waals surface area contributed by atoms with E-state index in [9.17, 15) is 4.79 Å². The first-order chi connectivity index (χ1) is 7.47. The summed E-state index contributed by atoms with van der Waals surface area (Å²) in [6.07, 6.45) is 0. The van der Waals surface area contributed by atoms with Gasteiger partial charge in [0.05, 0.1) is 18.2 Å². The quantitative estimate of drug-likeness (QED) is 0.643. The Labute approximate surface area is 94.7 Å². The number of aliphatic hydroxyl groups excluding tert-OH is 1. The molecule has 5 nitrogen and oxygen atoms in total. The molecule has 0 heterocycles. The SMILES string of the molecule is CC(CO)N(C)C(=O)c1cc(N)ccc1N. The number of aliphatic hydroxyl groups is 1. The van der Waals surface area contributed by atoms with Crippen LogP contribution >= 0.6 is 0 Å². The molecule has 5 heteroatoms. The Kier molecular flexibility index (Phi) is 3.73.